The van der Waals surface area contributed by atoms with Gasteiger partial charge in [-0.25, -0.2) is 0 Å². The molecule has 4 heteroatoms. The molecule has 0 unspecified atom stereocenters. The van der Waals surface area contributed by atoms with Gasteiger partial charge in [-0.15, -0.1) is 0 Å². The van der Waals surface area contributed by atoms with Crippen LogP contribution in [0.15, 0.2) is 69.9 Å². The Morgan fingerprint density at radius 1 is 0.667 bits per heavy atom. The van der Waals surface area contributed by atoms with Crippen LogP contribution in [0.5, 0.6) is 0 Å². The molecule has 0 saturated carbocycles. The summed E-state index contributed by atoms with van der Waals surface area (Å²) in [6, 6.07) is 16.9. The van der Waals surface area contributed by atoms with Crippen LogP contribution in [-0.2, 0) is 13.1 Å². The minimum absolute atomic E-state index is 0.942. The normalized spacial score (nSPS) is 12.0. The van der Waals surface area contributed by atoms with E-state index in [1.165, 1.54) is 16.5 Å². The maximum Gasteiger partial charge on any atom is 0.134 e. The van der Waals surface area contributed by atoms with Crippen molar-refractivity contribution in [1.29, 1.82) is 0 Å². The Morgan fingerprint density at radius 2 is 1.30 bits per heavy atom. The second-order valence-corrected chi connectivity index (χ2v) is 7.41. The lowest BCUT2D eigenvalue weighted by molar-refractivity contribution is 0.270. The SMILES string of the molecule is CN(CCCN(C)Cc1ccc2ccoc2c1)Cc1ccc2occc2c1. The third kappa shape index (κ3) is 4.41. The van der Waals surface area contributed by atoms with Crippen LogP contribution < -0.4 is 0 Å². The van der Waals surface area contributed by atoms with Crippen molar-refractivity contribution in [2.75, 3.05) is 27.2 Å². The van der Waals surface area contributed by atoms with E-state index >= 15 is 0 Å². The third-order valence-electron chi connectivity index (χ3n) is 5.02. The van der Waals surface area contributed by atoms with Crippen molar-refractivity contribution in [3.8, 4) is 0 Å². The third-order valence-corrected chi connectivity index (χ3v) is 5.02. The molecule has 0 aliphatic carbocycles. The molecule has 4 rings (SSSR count). The van der Waals surface area contributed by atoms with Gasteiger partial charge in [0.15, 0.2) is 0 Å². The summed E-state index contributed by atoms with van der Waals surface area (Å²) < 4.78 is 10.9. The van der Waals surface area contributed by atoms with Gasteiger partial charge in [0.05, 0.1) is 12.5 Å². The fourth-order valence-corrected chi connectivity index (χ4v) is 3.60. The second-order valence-electron chi connectivity index (χ2n) is 7.41. The van der Waals surface area contributed by atoms with E-state index in [0.29, 0.717) is 0 Å². The molecule has 0 N–H and O–H groups in total. The van der Waals surface area contributed by atoms with E-state index in [1.54, 1.807) is 12.5 Å². The maximum atomic E-state index is 5.50. The van der Waals surface area contributed by atoms with Crippen LogP contribution in [0.2, 0.25) is 0 Å². The van der Waals surface area contributed by atoms with Gasteiger partial charge in [-0.05, 0) is 75.1 Å². The number of rotatable bonds is 8. The second kappa shape index (κ2) is 7.99. The highest BCUT2D eigenvalue weighted by Gasteiger charge is 2.06. The standard InChI is InChI=1S/C23H26N2O2/c1-24(16-18-5-7-22-21(14-18)9-13-26-22)10-3-11-25(2)17-19-4-6-20-8-12-27-23(20)15-19/h4-9,12-15H,3,10-11,16-17H2,1-2H3. The largest absolute Gasteiger partial charge is 0.464 e. The summed E-state index contributed by atoms with van der Waals surface area (Å²) in [6.07, 6.45) is 4.64. The van der Waals surface area contributed by atoms with Gasteiger partial charge >= 0.3 is 0 Å². The first kappa shape index (κ1) is 17.8. The lowest BCUT2D eigenvalue weighted by Crippen LogP contribution is -2.25. The van der Waals surface area contributed by atoms with Crippen LogP contribution in [0.1, 0.15) is 17.5 Å². The summed E-state index contributed by atoms with van der Waals surface area (Å²) >= 11 is 0. The predicted octanol–water partition coefficient (Wildman–Crippen LogP) is 5.13. The molecule has 0 fully saturated rings. The lowest BCUT2D eigenvalue weighted by Gasteiger charge is -2.20. The van der Waals surface area contributed by atoms with Gasteiger partial charge in [0.25, 0.3) is 0 Å². The van der Waals surface area contributed by atoms with E-state index in [2.05, 4.69) is 60.3 Å². The number of benzene rings is 2. The fourth-order valence-electron chi connectivity index (χ4n) is 3.60. The van der Waals surface area contributed by atoms with E-state index in [4.69, 9.17) is 8.83 Å². The zero-order valence-electron chi connectivity index (χ0n) is 16.0. The highest BCUT2D eigenvalue weighted by Crippen LogP contribution is 2.19. The molecule has 140 valence electrons. The number of nitrogens with zero attached hydrogens (tertiary/aromatic N) is 2. The molecule has 0 radical (unpaired) electrons. The van der Waals surface area contributed by atoms with Crippen LogP contribution >= 0.6 is 0 Å². The Hall–Kier alpha value is -2.56. The van der Waals surface area contributed by atoms with Gasteiger partial charge in [0, 0.05) is 23.9 Å². The van der Waals surface area contributed by atoms with Crippen molar-refractivity contribution in [2.45, 2.75) is 19.5 Å². The van der Waals surface area contributed by atoms with Crippen molar-refractivity contribution in [1.82, 2.24) is 9.80 Å². The van der Waals surface area contributed by atoms with E-state index < -0.39 is 0 Å². The molecule has 0 amide bonds. The van der Waals surface area contributed by atoms with Crippen molar-refractivity contribution >= 4 is 21.9 Å². The number of hydrogen-bond acceptors (Lipinski definition) is 4. The zero-order valence-corrected chi connectivity index (χ0v) is 16.0. The Balaban J connectivity index is 1.23. The first-order chi connectivity index (χ1) is 13.2. The molecule has 0 aliphatic rings. The maximum absolute atomic E-state index is 5.50. The Labute approximate surface area is 160 Å². The van der Waals surface area contributed by atoms with Crippen molar-refractivity contribution in [3.05, 3.63) is 72.2 Å². The molecule has 2 aromatic carbocycles. The van der Waals surface area contributed by atoms with Gasteiger partial charge in [-0.1, -0.05) is 18.2 Å². The van der Waals surface area contributed by atoms with Gasteiger partial charge in [-0.3, -0.25) is 0 Å². The Kier molecular flexibility index (Phi) is 5.28. The van der Waals surface area contributed by atoms with Crippen molar-refractivity contribution in [3.63, 3.8) is 0 Å². The smallest absolute Gasteiger partial charge is 0.134 e. The zero-order chi connectivity index (χ0) is 18.6. The molecule has 2 heterocycles. The molecular weight excluding hydrogens is 336 g/mol. The first-order valence-electron chi connectivity index (χ1n) is 9.47. The topological polar surface area (TPSA) is 32.8 Å². The van der Waals surface area contributed by atoms with Crippen LogP contribution in [0, 0.1) is 0 Å². The van der Waals surface area contributed by atoms with E-state index in [1.807, 2.05) is 12.1 Å². The van der Waals surface area contributed by atoms with Crippen molar-refractivity contribution < 1.29 is 8.83 Å². The van der Waals surface area contributed by atoms with Gasteiger partial charge in [0.1, 0.15) is 11.2 Å². The minimum Gasteiger partial charge on any atom is -0.464 e. The highest BCUT2D eigenvalue weighted by atomic mass is 16.3. The number of hydrogen-bond donors (Lipinski definition) is 0. The van der Waals surface area contributed by atoms with Crippen molar-refractivity contribution in [2.24, 2.45) is 0 Å². The molecule has 4 aromatic rings. The van der Waals surface area contributed by atoms with Gasteiger partial charge < -0.3 is 18.6 Å². The molecule has 2 aromatic heterocycles. The molecule has 27 heavy (non-hydrogen) atoms. The van der Waals surface area contributed by atoms with E-state index in [9.17, 15) is 0 Å². The predicted molar refractivity (Wildman–Crippen MR) is 110 cm³/mol. The molecular formula is C23H26N2O2. The summed E-state index contributed by atoms with van der Waals surface area (Å²) in [7, 11) is 4.36. The first-order valence-corrected chi connectivity index (χ1v) is 9.47. The lowest BCUT2D eigenvalue weighted by atomic mass is 10.1. The Bertz CT molecular complexity index is 935. The summed E-state index contributed by atoms with van der Waals surface area (Å²) in [6.45, 7) is 4.05. The average Bonchev–Trinajstić information content (AvgIpc) is 3.29. The molecule has 0 saturated heterocycles. The minimum atomic E-state index is 0.942. The highest BCUT2D eigenvalue weighted by molar-refractivity contribution is 5.78. The van der Waals surface area contributed by atoms with Gasteiger partial charge in [-0.2, -0.15) is 0 Å². The van der Waals surface area contributed by atoms with Crippen LogP contribution in [-0.4, -0.2) is 37.0 Å². The summed E-state index contributed by atoms with van der Waals surface area (Å²) in [5.74, 6) is 0. The molecule has 4 nitrogen and oxygen atoms in total. The van der Waals surface area contributed by atoms with Crippen LogP contribution in [0.3, 0.4) is 0 Å². The number of fused-ring (bicyclic) bond motifs is 2. The monoisotopic (exact) mass is 362 g/mol. The molecule has 0 bridgehead atoms. The van der Waals surface area contributed by atoms with Gasteiger partial charge in [0.2, 0.25) is 0 Å². The average molecular weight is 362 g/mol. The summed E-state index contributed by atoms with van der Waals surface area (Å²) in [4.78, 5) is 4.75. The number of furan rings is 2. The fraction of sp³-hybridized carbons (Fsp3) is 0.304. The molecule has 0 spiro atoms. The quantitative estimate of drug-likeness (QED) is 0.435. The molecule has 0 aliphatic heterocycles. The molecule has 0 atom stereocenters. The summed E-state index contributed by atoms with van der Waals surface area (Å²) in [5, 5.41) is 2.34. The van der Waals surface area contributed by atoms with E-state index in [-0.39, 0.29) is 0 Å². The van der Waals surface area contributed by atoms with Crippen LogP contribution in [0.25, 0.3) is 21.9 Å². The van der Waals surface area contributed by atoms with Crippen LogP contribution in [0.4, 0.5) is 0 Å². The Morgan fingerprint density at radius 3 is 2.07 bits per heavy atom. The van der Waals surface area contributed by atoms with E-state index in [0.717, 1.165) is 49.2 Å². The summed E-state index contributed by atoms with van der Waals surface area (Å²) in [5.41, 5.74) is 4.54.